The van der Waals surface area contributed by atoms with Gasteiger partial charge in [-0.3, -0.25) is 4.99 Å². The Hall–Kier alpha value is -1.31. The molecule has 2 heteroatoms. The maximum Gasteiger partial charge on any atom is 0.0623 e. The van der Waals surface area contributed by atoms with Crippen LogP contribution in [-0.2, 0) is 0 Å². The molecule has 1 aliphatic carbocycles. The van der Waals surface area contributed by atoms with Gasteiger partial charge >= 0.3 is 0 Å². The number of hydrogen-bond acceptors (Lipinski definition) is 2. The van der Waals surface area contributed by atoms with E-state index < -0.39 is 0 Å². The number of nitrogens with zero attached hydrogens (tertiary/aromatic N) is 1. The summed E-state index contributed by atoms with van der Waals surface area (Å²) in [6, 6.07) is 0. The molecule has 0 radical (unpaired) electrons. The lowest BCUT2D eigenvalue weighted by Gasteiger charge is -2.22. The van der Waals surface area contributed by atoms with E-state index in [4.69, 9.17) is 0 Å². The molecule has 0 heterocycles. The minimum Gasteiger partial charge on any atom is -0.388 e. The fraction of sp³-hybridized carbons (Fsp3) is 0.462. The van der Waals surface area contributed by atoms with Crippen LogP contribution in [0.15, 0.2) is 39.1 Å². The number of hydrogen-bond donors (Lipinski definition) is 1. The Morgan fingerprint density at radius 1 is 1.20 bits per heavy atom. The maximum absolute atomic E-state index is 4.29. The third kappa shape index (κ3) is 2.04. The molecule has 0 fully saturated rings. The van der Waals surface area contributed by atoms with Crippen LogP contribution in [0, 0.1) is 0 Å². The molecule has 0 unspecified atom stereocenters. The van der Waals surface area contributed by atoms with Crippen molar-refractivity contribution >= 4 is 5.71 Å². The number of aliphatic imine (C=N–C) groups is 1. The molecule has 0 spiro atoms. The molecule has 0 saturated heterocycles. The molecule has 0 saturated carbocycles. The van der Waals surface area contributed by atoms with E-state index in [-0.39, 0.29) is 0 Å². The second-order valence-electron chi connectivity index (χ2n) is 4.04. The first-order chi connectivity index (χ1) is 7.02. The average Bonchev–Trinajstić information content (AvgIpc) is 2.20. The van der Waals surface area contributed by atoms with Crippen LogP contribution in [0.5, 0.6) is 0 Å². The summed E-state index contributed by atoms with van der Waals surface area (Å²) in [6.07, 6.45) is 2.12. The van der Waals surface area contributed by atoms with Gasteiger partial charge in [0.1, 0.15) is 0 Å². The molecule has 0 aromatic rings. The number of nitrogens with one attached hydrogen (secondary N) is 1. The SMILES string of the molecule is CN=C1C=C(NC)C(=C(C)C)C(C)=C1C. The lowest BCUT2D eigenvalue weighted by Crippen LogP contribution is -2.18. The van der Waals surface area contributed by atoms with Gasteiger partial charge < -0.3 is 5.32 Å². The van der Waals surface area contributed by atoms with E-state index in [0.717, 1.165) is 5.71 Å². The van der Waals surface area contributed by atoms with Crippen molar-refractivity contribution in [1.82, 2.24) is 5.32 Å². The molecule has 0 aliphatic heterocycles. The predicted molar refractivity (Wildman–Crippen MR) is 67.2 cm³/mol. The van der Waals surface area contributed by atoms with Crippen molar-refractivity contribution in [2.24, 2.45) is 4.99 Å². The molecule has 1 rings (SSSR count). The quantitative estimate of drug-likeness (QED) is 0.698. The molecule has 2 nitrogen and oxygen atoms in total. The zero-order chi connectivity index (χ0) is 11.6. The Labute approximate surface area is 92.5 Å². The fourth-order valence-corrected chi connectivity index (χ4v) is 1.97. The molecule has 0 atom stereocenters. The first-order valence-electron chi connectivity index (χ1n) is 5.25. The van der Waals surface area contributed by atoms with Crippen molar-refractivity contribution in [1.29, 1.82) is 0 Å². The summed E-state index contributed by atoms with van der Waals surface area (Å²) in [5, 5.41) is 3.24. The van der Waals surface area contributed by atoms with E-state index in [0.29, 0.717) is 0 Å². The van der Waals surface area contributed by atoms with Crippen LogP contribution in [0.4, 0.5) is 0 Å². The smallest absolute Gasteiger partial charge is 0.0623 e. The second-order valence-corrected chi connectivity index (χ2v) is 4.04. The monoisotopic (exact) mass is 204 g/mol. The molecular formula is C13H20N2. The van der Waals surface area contributed by atoms with Crippen molar-refractivity contribution in [2.75, 3.05) is 14.1 Å². The summed E-state index contributed by atoms with van der Waals surface area (Å²) in [7, 11) is 3.79. The number of likely N-dealkylation sites (N-methyl/N-ethyl adjacent to an activating group) is 1. The van der Waals surface area contributed by atoms with Crippen LogP contribution < -0.4 is 5.32 Å². The summed E-state index contributed by atoms with van der Waals surface area (Å²) in [6.45, 7) is 8.58. The minimum atomic E-state index is 1.07. The highest BCUT2D eigenvalue weighted by Gasteiger charge is 2.18. The van der Waals surface area contributed by atoms with E-state index in [1.807, 2.05) is 14.1 Å². The normalized spacial score (nSPS) is 19.5. The maximum atomic E-state index is 4.29. The number of rotatable bonds is 1. The first-order valence-corrected chi connectivity index (χ1v) is 5.25. The minimum absolute atomic E-state index is 1.07. The van der Waals surface area contributed by atoms with Gasteiger partial charge in [0.05, 0.1) is 5.71 Å². The standard InChI is InChI=1S/C13H20N2/c1-8(2)13-10(4)9(3)11(14-5)7-12(13)15-6/h7,15H,1-6H3. The molecule has 1 aliphatic rings. The third-order valence-corrected chi connectivity index (χ3v) is 2.88. The van der Waals surface area contributed by atoms with Crippen molar-refractivity contribution < 1.29 is 0 Å². The van der Waals surface area contributed by atoms with Gasteiger partial charge in [-0.15, -0.1) is 0 Å². The Morgan fingerprint density at radius 2 is 1.80 bits per heavy atom. The highest BCUT2D eigenvalue weighted by molar-refractivity contribution is 6.11. The highest BCUT2D eigenvalue weighted by Crippen LogP contribution is 2.29. The first kappa shape index (κ1) is 11.8. The van der Waals surface area contributed by atoms with Crippen LogP contribution in [0.25, 0.3) is 0 Å². The highest BCUT2D eigenvalue weighted by atomic mass is 14.8. The molecular weight excluding hydrogens is 184 g/mol. The topological polar surface area (TPSA) is 24.4 Å². The van der Waals surface area contributed by atoms with Crippen molar-refractivity contribution in [3.05, 3.63) is 34.1 Å². The molecule has 1 N–H and O–H groups in total. The Morgan fingerprint density at radius 3 is 2.20 bits per heavy atom. The van der Waals surface area contributed by atoms with Gasteiger partial charge in [-0.1, -0.05) is 5.57 Å². The second kappa shape index (κ2) is 4.47. The van der Waals surface area contributed by atoms with Gasteiger partial charge in [-0.25, -0.2) is 0 Å². The summed E-state index contributed by atoms with van der Waals surface area (Å²) >= 11 is 0. The number of allylic oxidation sites excluding steroid dienone is 4. The van der Waals surface area contributed by atoms with E-state index in [1.54, 1.807) is 0 Å². The van der Waals surface area contributed by atoms with Crippen LogP contribution in [0.3, 0.4) is 0 Å². The Kier molecular flexibility index (Phi) is 3.51. The van der Waals surface area contributed by atoms with Gasteiger partial charge in [-0.05, 0) is 50.5 Å². The van der Waals surface area contributed by atoms with Gasteiger partial charge in [0.15, 0.2) is 0 Å². The lowest BCUT2D eigenvalue weighted by atomic mass is 9.88. The van der Waals surface area contributed by atoms with E-state index in [2.05, 4.69) is 44.1 Å². The van der Waals surface area contributed by atoms with Crippen LogP contribution >= 0.6 is 0 Å². The summed E-state index contributed by atoms with van der Waals surface area (Å²) < 4.78 is 0. The van der Waals surface area contributed by atoms with E-state index in [1.165, 1.54) is 28.0 Å². The fourth-order valence-electron chi connectivity index (χ4n) is 1.97. The molecule has 15 heavy (non-hydrogen) atoms. The molecule has 0 amide bonds. The largest absolute Gasteiger partial charge is 0.388 e. The molecule has 0 aromatic carbocycles. The Balaban J connectivity index is 3.40. The van der Waals surface area contributed by atoms with Gasteiger partial charge in [0, 0.05) is 19.8 Å². The van der Waals surface area contributed by atoms with Gasteiger partial charge in [-0.2, -0.15) is 0 Å². The van der Waals surface area contributed by atoms with E-state index in [9.17, 15) is 0 Å². The van der Waals surface area contributed by atoms with Crippen molar-refractivity contribution in [3.8, 4) is 0 Å². The van der Waals surface area contributed by atoms with Gasteiger partial charge in [0.2, 0.25) is 0 Å². The summed E-state index contributed by atoms with van der Waals surface area (Å²) in [5.41, 5.74) is 7.49. The molecule has 82 valence electrons. The van der Waals surface area contributed by atoms with Crippen LogP contribution in [-0.4, -0.2) is 19.8 Å². The van der Waals surface area contributed by atoms with Crippen molar-refractivity contribution in [2.45, 2.75) is 27.7 Å². The predicted octanol–water partition coefficient (Wildman–Crippen LogP) is 2.85. The summed E-state index contributed by atoms with van der Waals surface area (Å²) in [5.74, 6) is 0. The van der Waals surface area contributed by atoms with Gasteiger partial charge in [0.25, 0.3) is 0 Å². The summed E-state index contributed by atoms with van der Waals surface area (Å²) in [4.78, 5) is 4.29. The zero-order valence-corrected chi connectivity index (χ0v) is 10.5. The average molecular weight is 204 g/mol. The van der Waals surface area contributed by atoms with Crippen molar-refractivity contribution in [3.63, 3.8) is 0 Å². The Bertz CT molecular complexity index is 389. The van der Waals surface area contributed by atoms with Crippen LogP contribution in [0.1, 0.15) is 27.7 Å². The zero-order valence-electron chi connectivity index (χ0n) is 10.5. The van der Waals surface area contributed by atoms with Crippen LogP contribution in [0.2, 0.25) is 0 Å². The van der Waals surface area contributed by atoms with E-state index >= 15 is 0 Å². The third-order valence-electron chi connectivity index (χ3n) is 2.88. The molecule has 0 aromatic heterocycles. The lowest BCUT2D eigenvalue weighted by molar-refractivity contribution is 0.981. The molecule has 0 bridgehead atoms.